The number of hydrogen-bond donors (Lipinski definition) is 1. The van der Waals surface area contributed by atoms with Crippen molar-refractivity contribution in [2.45, 2.75) is 46.6 Å². The van der Waals surface area contributed by atoms with E-state index in [2.05, 4.69) is 20.4 Å². The monoisotopic (exact) mass is 423 g/mol. The van der Waals surface area contributed by atoms with Crippen molar-refractivity contribution in [1.29, 1.82) is 0 Å². The van der Waals surface area contributed by atoms with Gasteiger partial charge in [0.2, 0.25) is 5.91 Å². The highest BCUT2D eigenvalue weighted by Gasteiger charge is 2.29. The summed E-state index contributed by atoms with van der Waals surface area (Å²) in [5.74, 6) is 2.22. The standard InChI is InChI=1S/C23H29N5O3/c1-4-18-20-21(25-15(3)26-23(20)31-27-18)28-12-8-10-17(14-28)22(29)24-13-16-9-6-7-11-19(16)30-5-2/h6-7,9,11,17H,4-5,8,10,12-14H2,1-3H3,(H,24,29). The number of aryl methyl sites for hydroxylation is 2. The third-order valence-electron chi connectivity index (χ3n) is 5.65. The summed E-state index contributed by atoms with van der Waals surface area (Å²) in [6.45, 7) is 8.34. The first-order valence-electron chi connectivity index (χ1n) is 11.0. The highest BCUT2D eigenvalue weighted by atomic mass is 16.5. The van der Waals surface area contributed by atoms with E-state index in [4.69, 9.17) is 14.2 Å². The molecule has 1 saturated heterocycles. The van der Waals surface area contributed by atoms with Crippen LogP contribution in [0.2, 0.25) is 0 Å². The van der Waals surface area contributed by atoms with Crippen molar-refractivity contribution in [2.75, 3.05) is 24.6 Å². The van der Waals surface area contributed by atoms with Crippen molar-refractivity contribution >= 4 is 22.8 Å². The van der Waals surface area contributed by atoms with Gasteiger partial charge in [-0.15, -0.1) is 0 Å². The smallest absolute Gasteiger partial charge is 0.263 e. The normalized spacial score (nSPS) is 16.5. The number of nitrogens with zero attached hydrogens (tertiary/aromatic N) is 4. The SMILES string of the molecule is CCOc1ccccc1CNC(=O)C1CCCN(c2nc(C)nc3onc(CC)c23)C1. The van der Waals surface area contributed by atoms with Gasteiger partial charge in [-0.1, -0.05) is 30.3 Å². The molecule has 1 fully saturated rings. The molecule has 0 spiro atoms. The highest BCUT2D eigenvalue weighted by molar-refractivity contribution is 5.89. The first-order valence-corrected chi connectivity index (χ1v) is 11.0. The van der Waals surface area contributed by atoms with Gasteiger partial charge in [0.25, 0.3) is 5.71 Å². The summed E-state index contributed by atoms with van der Waals surface area (Å²) in [6.07, 6.45) is 2.52. The van der Waals surface area contributed by atoms with E-state index in [0.29, 0.717) is 31.2 Å². The Hall–Kier alpha value is -3.16. The van der Waals surface area contributed by atoms with Crippen molar-refractivity contribution in [2.24, 2.45) is 5.92 Å². The summed E-state index contributed by atoms with van der Waals surface area (Å²) in [7, 11) is 0. The van der Waals surface area contributed by atoms with Gasteiger partial charge < -0.3 is 19.5 Å². The van der Waals surface area contributed by atoms with E-state index >= 15 is 0 Å². The van der Waals surface area contributed by atoms with E-state index in [9.17, 15) is 4.79 Å². The van der Waals surface area contributed by atoms with Gasteiger partial charge >= 0.3 is 0 Å². The maximum absolute atomic E-state index is 13.0. The number of ether oxygens (including phenoxy) is 1. The lowest BCUT2D eigenvalue weighted by Crippen LogP contribution is -2.43. The molecule has 1 amide bonds. The molecule has 1 aliphatic heterocycles. The molecule has 164 valence electrons. The number of nitrogens with one attached hydrogen (secondary N) is 1. The van der Waals surface area contributed by atoms with Crippen LogP contribution in [-0.4, -0.2) is 40.7 Å². The van der Waals surface area contributed by atoms with Crippen LogP contribution in [0.25, 0.3) is 11.1 Å². The molecule has 3 aromatic rings. The predicted molar refractivity (Wildman–Crippen MR) is 118 cm³/mol. The minimum Gasteiger partial charge on any atom is -0.494 e. The Labute approximate surface area is 182 Å². The summed E-state index contributed by atoms with van der Waals surface area (Å²) < 4.78 is 11.1. The van der Waals surface area contributed by atoms with E-state index in [0.717, 1.165) is 54.0 Å². The highest BCUT2D eigenvalue weighted by Crippen LogP contribution is 2.31. The van der Waals surface area contributed by atoms with Gasteiger partial charge in [-0.2, -0.15) is 4.98 Å². The van der Waals surface area contributed by atoms with E-state index in [1.807, 2.05) is 45.0 Å². The summed E-state index contributed by atoms with van der Waals surface area (Å²) in [4.78, 5) is 24.2. The van der Waals surface area contributed by atoms with Crippen LogP contribution in [0.15, 0.2) is 28.8 Å². The molecule has 8 nitrogen and oxygen atoms in total. The third kappa shape index (κ3) is 4.47. The van der Waals surface area contributed by atoms with Crippen molar-refractivity contribution in [1.82, 2.24) is 20.4 Å². The third-order valence-corrected chi connectivity index (χ3v) is 5.65. The fourth-order valence-corrected chi connectivity index (χ4v) is 4.12. The Morgan fingerprint density at radius 3 is 2.94 bits per heavy atom. The number of piperidine rings is 1. The van der Waals surface area contributed by atoms with E-state index < -0.39 is 0 Å². The number of anilines is 1. The molecule has 31 heavy (non-hydrogen) atoms. The summed E-state index contributed by atoms with van der Waals surface area (Å²) in [5, 5.41) is 8.11. The lowest BCUT2D eigenvalue weighted by atomic mass is 9.96. The van der Waals surface area contributed by atoms with Crippen LogP contribution in [0.1, 0.15) is 43.8 Å². The molecule has 4 rings (SSSR count). The van der Waals surface area contributed by atoms with E-state index in [-0.39, 0.29) is 11.8 Å². The lowest BCUT2D eigenvalue weighted by Gasteiger charge is -2.33. The quantitative estimate of drug-likeness (QED) is 0.622. The number of rotatable bonds is 7. The van der Waals surface area contributed by atoms with Gasteiger partial charge in [-0.05, 0) is 39.2 Å². The molecule has 1 N–H and O–H groups in total. The lowest BCUT2D eigenvalue weighted by molar-refractivity contribution is -0.125. The Morgan fingerprint density at radius 2 is 2.13 bits per heavy atom. The number of benzene rings is 1. The van der Waals surface area contributed by atoms with E-state index in [1.165, 1.54) is 0 Å². The molecule has 1 aromatic carbocycles. The fourth-order valence-electron chi connectivity index (χ4n) is 4.12. The number of carbonyl (C=O) groups excluding carboxylic acids is 1. The van der Waals surface area contributed by atoms with Gasteiger partial charge in [0.1, 0.15) is 22.8 Å². The van der Waals surface area contributed by atoms with Crippen molar-refractivity contribution in [3.63, 3.8) is 0 Å². The minimum absolute atomic E-state index is 0.0547. The number of para-hydroxylation sites is 1. The maximum Gasteiger partial charge on any atom is 0.263 e. The van der Waals surface area contributed by atoms with Crippen LogP contribution >= 0.6 is 0 Å². The average molecular weight is 424 g/mol. The molecule has 1 atom stereocenters. The molecule has 8 heteroatoms. The topological polar surface area (TPSA) is 93.4 Å². The number of carbonyl (C=O) groups is 1. The second kappa shape index (κ2) is 9.32. The van der Waals surface area contributed by atoms with Crippen molar-refractivity contribution < 1.29 is 14.1 Å². The summed E-state index contributed by atoms with van der Waals surface area (Å²) in [5.41, 5.74) is 2.35. The number of hydrogen-bond acceptors (Lipinski definition) is 7. The van der Waals surface area contributed by atoms with Crippen LogP contribution in [-0.2, 0) is 17.8 Å². The molecule has 1 aliphatic rings. The minimum atomic E-state index is -0.108. The van der Waals surface area contributed by atoms with Gasteiger partial charge in [0.05, 0.1) is 18.2 Å². The predicted octanol–water partition coefficient (Wildman–Crippen LogP) is 3.42. The zero-order chi connectivity index (χ0) is 21.8. The Bertz CT molecular complexity index is 1060. The average Bonchev–Trinajstić information content (AvgIpc) is 3.21. The molecular formula is C23H29N5O3. The fraction of sp³-hybridized carbons (Fsp3) is 0.478. The molecule has 1 unspecified atom stereocenters. The van der Waals surface area contributed by atoms with Crippen molar-refractivity contribution in [3.8, 4) is 5.75 Å². The van der Waals surface area contributed by atoms with Crippen LogP contribution in [0.3, 0.4) is 0 Å². The van der Waals surface area contributed by atoms with Crippen LogP contribution in [0.4, 0.5) is 5.82 Å². The molecule has 0 radical (unpaired) electrons. The van der Waals surface area contributed by atoms with Crippen LogP contribution < -0.4 is 15.0 Å². The first-order chi connectivity index (χ1) is 15.1. The molecular weight excluding hydrogens is 394 g/mol. The number of aromatic nitrogens is 3. The Morgan fingerprint density at radius 1 is 1.29 bits per heavy atom. The van der Waals surface area contributed by atoms with E-state index in [1.54, 1.807) is 0 Å². The maximum atomic E-state index is 13.0. The first kappa shape index (κ1) is 21.1. The molecule has 2 aromatic heterocycles. The van der Waals surface area contributed by atoms with Crippen LogP contribution in [0, 0.1) is 12.8 Å². The van der Waals surface area contributed by atoms with Gasteiger partial charge in [0, 0.05) is 25.2 Å². The number of fused-ring (bicyclic) bond motifs is 1. The zero-order valence-corrected chi connectivity index (χ0v) is 18.4. The molecule has 3 heterocycles. The van der Waals surface area contributed by atoms with Gasteiger partial charge in [-0.25, -0.2) is 4.98 Å². The Kier molecular flexibility index (Phi) is 6.34. The summed E-state index contributed by atoms with van der Waals surface area (Å²) >= 11 is 0. The van der Waals surface area contributed by atoms with Gasteiger partial charge in [0.15, 0.2) is 0 Å². The summed E-state index contributed by atoms with van der Waals surface area (Å²) in [6, 6.07) is 7.81. The van der Waals surface area contributed by atoms with Crippen LogP contribution in [0.5, 0.6) is 5.75 Å². The molecule has 0 saturated carbocycles. The van der Waals surface area contributed by atoms with Crippen molar-refractivity contribution in [3.05, 3.63) is 41.3 Å². The van der Waals surface area contributed by atoms with Gasteiger partial charge in [-0.3, -0.25) is 4.79 Å². The molecule has 0 aliphatic carbocycles. The second-order valence-corrected chi connectivity index (χ2v) is 7.80. The zero-order valence-electron chi connectivity index (χ0n) is 18.4. The largest absolute Gasteiger partial charge is 0.494 e. The second-order valence-electron chi connectivity index (χ2n) is 7.80. The number of amides is 1. The molecule has 0 bridgehead atoms. The Balaban J connectivity index is 1.49.